The van der Waals surface area contributed by atoms with Gasteiger partial charge in [-0.15, -0.1) is 0 Å². The van der Waals surface area contributed by atoms with Gasteiger partial charge in [-0.25, -0.2) is 43.9 Å². The van der Waals surface area contributed by atoms with Gasteiger partial charge in [0.1, 0.15) is 0 Å². The third-order valence-electron chi connectivity index (χ3n) is 3.27. The molecule has 0 spiro atoms. The van der Waals surface area contributed by atoms with E-state index in [9.17, 15) is 48.5 Å². The predicted molar refractivity (Wildman–Crippen MR) is 71.0 cm³/mol. The van der Waals surface area contributed by atoms with Crippen LogP contribution in [0.2, 0.25) is 0 Å². The molecule has 2 rings (SSSR count). The van der Waals surface area contributed by atoms with E-state index < -0.39 is 90.8 Å². The van der Waals surface area contributed by atoms with Crippen molar-refractivity contribution < 1.29 is 57.5 Å². The van der Waals surface area contributed by atoms with Gasteiger partial charge in [-0.1, -0.05) is 0 Å². The Kier molecular flexibility index (Phi) is 6.73. The second kappa shape index (κ2) is 8.50. The number of hydrogen-bond acceptors (Lipinski definition) is 3. The topological polar surface area (TPSA) is 35.5 Å². The molecule has 3 nitrogen and oxygen atoms in total. The van der Waals surface area contributed by atoms with Crippen LogP contribution in [0.3, 0.4) is 0 Å². The molecule has 2 aromatic carbocycles. The van der Waals surface area contributed by atoms with Crippen molar-refractivity contribution in [1.29, 1.82) is 0 Å². The number of rotatable bonds is 6. The molecule has 2 aromatic rings. The van der Waals surface area contributed by atoms with Gasteiger partial charge in [0.2, 0.25) is 11.6 Å². The molecule has 0 aliphatic carbocycles. The van der Waals surface area contributed by atoms with Crippen molar-refractivity contribution in [2.45, 2.75) is 13.2 Å². The zero-order valence-electron chi connectivity index (χ0n) is 12.9. The second-order valence-corrected chi connectivity index (χ2v) is 6.00. The number of benzene rings is 2. The van der Waals surface area contributed by atoms with Gasteiger partial charge in [0.15, 0.2) is 46.5 Å². The lowest BCUT2D eigenvalue weighted by atomic mass is 10.2. The fraction of sp³-hybridized carbons (Fsp3) is 0.143. The van der Waals surface area contributed by atoms with E-state index in [1.54, 1.807) is 0 Å². The molecule has 0 saturated heterocycles. The van der Waals surface area contributed by atoms with Gasteiger partial charge in [-0.05, 0) is 0 Å². The summed E-state index contributed by atoms with van der Waals surface area (Å²) in [5, 5.41) is 0. The Bertz CT molecular complexity index is 832. The van der Waals surface area contributed by atoms with Crippen LogP contribution < -0.4 is 0 Å². The highest BCUT2D eigenvalue weighted by molar-refractivity contribution is 7.33. The zero-order valence-corrected chi connectivity index (χ0v) is 13.9. The highest BCUT2D eigenvalue weighted by Crippen LogP contribution is 2.32. The highest BCUT2D eigenvalue weighted by atomic mass is 31.1. The first kappa shape index (κ1) is 22.2. The fourth-order valence-electron chi connectivity index (χ4n) is 1.86. The lowest BCUT2D eigenvalue weighted by Crippen LogP contribution is -2.08. The standard InChI is InChI=1S/C14H5F10O3P/c15-5-3(6(16)10(20)13(23)9(5)19)1-26-28(25)27-2-4-7(17)11(21)14(24)12(22)8(4)18/h28H,1-2H2. The molecule has 0 bridgehead atoms. The molecule has 0 aliphatic heterocycles. The van der Waals surface area contributed by atoms with Gasteiger partial charge in [-0.2, -0.15) is 0 Å². The maximum Gasteiger partial charge on any atom is 0.319 e. The van der Waals surface area contributed by atoms with Crippen molar-refractivity contribution in [3.05, 3.63) is 69.3 Å². The minimum absolute atomic E-state index is 1.47. The average Bonchev–Trinajstić information content (AvgIpc) is 2.67. The quantitative estimate of drug-likeness (QED) is 0.267. The van der Waals surface area contributed by atoms with Crippen LogP contribution in [-0.4, -0.2) is 0 Å². The number of halogens is 10. The minimum Gasteiger partial charge on any atom is -0.306 e. The molecule has 0 atom stereocenters. The molecule has 0 aliphatic rings. The lowest BCUT2D eigenvalue weighted by Gasteiger charge is -2.10. The minimum atomic E-state index is -3.92. The molecule has 0 N–H and O–H groups in total. The molecule has 0 fully saturated rings. The molecular formula is C14H5F10O3P. The molecule has 0 radical (unpaired) electrons. The van der Waals surface area contributed by atoms with Crippen molar-refractivity contribution in [3.8, 4) is 0 Å². The summed E-state index contributed by atoms with van der Waals surface area (Å²) in [6.07, 6.45) is 0. The van der Waals surface area contributed by atoms with E-state index in [4.69, 9.17) is 0 Å². The summed E-state index contributed by atoms with van der Waals surface area (Å²) in [5.74, 6) is -23.3. The van der Waals surface area contributed by atoms with Crippen LogP contribution in [0.5, 0.6) is 0 Å². The Balaban J connectivity index is 2.12. The Morgan fingerprint density at radius 3 is 0.929 bits per heavy atom. The Hall–Kier alpha value is -2.11. The van der Waals surface area contributed by atoms with Crippen LogP contribution in [0.25, 0.3) is 0 Å². The van der Waals surface area contributed by atoms with E-state index in [0.717, 1.165) is 0 Å². The van der Waals surface area contributed by atoms with Gasteiger partial charge in [0, 0.05) is 0 Å². The third kappa shape index (κ3) is 4.01. The SMILES string of the molecule is O=[PH](OCc1c(F)c(F)c(F)c(F)c1F)OCc1c(F)c(F)c(F)c(F)c1F. The lowest BCUT2D eigenvalue weighted by molar-refractivity contribution is 0.200. The van der Waals surface area contributed by atoms with Crippen molar-refractivity contribution >= 4 is 8.25 Å². The van der Waals surface area contributed by atoms with Gasteiger partial charge in [-0.3, -0.25) is 4.57 Å². The van der Waals surface area contributed by atoms with Gasteiger partial charge < -0.3 is 9.05 Å². The van der Waals surface area contributed by atoms with Crippen LogP contribution in [0.15, 0.2) is 0 Å². The monoisotopic (exact) mass is 442 g/mol. The summed E-state index contributed by atoms with van der Waals surface area (Å²) in [7, 11) is -3.92. The van der Waals surface area contributed by atoms with Gasteiger partial charge in [0.05, 0.1) is 24.3 Å². The van der Waals surface area contributed by atoms with Crippen LogP contribution in [0.4, 0.5) is 43.9 Å². The van der Waals surface area contributed by atoms with Gasteiger partial charge >= 0.3 is 8.25 Å². The van der Waals surface area contributed by atoms with Crippen LogP contribution in [0.1, 0.15) is 11.1 Å². The van der Waals surface area contributed by atoms with Gasteiger partial charge in [0.25, 0.3) is 0 Å². The van der Waals surface area contributed by atoms with E-state index in [1.165, 1.54) is 0 Å². The molecule has 0 aromatic heterocycles. The van der Waals surface area contributed by atoms with E-state index in [1.807, 2.05) is 0 Å². The summed E-state index contributed by atoms with van der Waals surface area (Å²) in [6.45, 7) is -2.94. The van der Waals surface area contributed by atoms with Crippen molar-refractivity contribution in [2.24, 2.45) is 0 Å². The van der Waals surface area contributed by atoms with E-state index in [-0.39, 0.29) is 0 Å². The molecule has 0 unspecified atom stereocenters. The van der Waals surface area contributed by atoms with E-state index in [0.29, 0.717) is 0 Å². The fourth-order valence-corrected chi connectivity index (χ4v) is 2.47. The maximum atomic E-state index is 13.4. The summed E-state index contributed by atoms with van der Waals surface area (Å²) >= 11 is 0. The number of hydrogen-bond donors (Lipinski definition) is 0. The second-order valence-electron chi connectivity index (χ2n) is 4.92. The molecule has 14 heteroatoms. The predicted octanol–water partition coefficient (Wildman–Crippen LogP) is 5.20. The molecule has 28 heavy (non-hydrogen) atoms. The molecule has 154 valence electrons. The summed E-state index contributed by atoms with van der Waals surface area (Å²) in [5.41, 5.74) is -3.04. The Morgan fingerprint density at radius 2 is 0.679 bits per heavy atom. The average molecular weight is 442 g/mol. The molecule has 0 saturated carbocycles. The van der Waals surface area contributed by atoms with Crippen molar-refractivity contribution in [3.63, 3.8) is 0 Å². The van der Waals surface area contributed by atoms with Crippen LogP contribution in [-0.2, 0) is 26.8 Å². The molecule has 0 heterocycles. The first-order valence-electron chi connectivity index (χ1n) is 6.79. The Morgan fingerprint density at radius 1 is 0.464 bits per heavy atom. The summed E-state index contributed by atoms with van der Waals surface area (Å²) < 4.78 is 151. The molecule has 0 amide bonds. The normalized spacial score (nSPS) is 11.5. The first-order valence-corrected chi connectivity index (χ1v) is 8.01. The van der Waals surface area contributed by atoms with Crippen LogP contribution >= 0.6 is 8.25 Å². The van der Waals surface area contributed by atoms with Crippen LogP contribution in [0, 0.1) is 58.2 Å². The van der Waals surface area contributed by atoms with Crippen molar-refractivity contribution in [2.75, 3.05) is 0 Å². The first-order chi connectivity index (χ1) is 13.0. The molecular weight excluding hydrogens is 437 g/mol. The summed E-state index contributed by atoms with van der Waals surface area (Å²) in [6, 6.07) is 0. The third-order valence-corrected chi connectivity index (χ3v) is 4.03. The Labute approximate surface area is 149 Å². The van der Waals surface area contributed by atoms with Crippen molar-refractivity contribution in [1.82, 2.24) is 0 Å². The largest absolute Gasteiger partial charge is 0.319 e. The zero-order chi connectivity index (χ0) is 21.3. The highest BCUT2D eigenvalue weighted by Gasteiger charge is 2.27. The van der Waals surface area contributed by atoms with E-state index >= 15 is 0 Å². The maximum absolute atomic E-state index is 13.4. The summed E-state index contributed by atoms with van der Waals surface area (Å²) in [4.78, 5) is 0. The smallest absolute Gasteiger partial charge is 0.306 e. The van der Waals surface area contributed by atoms with E-state index in [2.05, 4.69) is 9.05 Å².